The third kappa shape index (κ3) is 5.41. The third-order valence-corrected chi connectivity index (χ3v) is 3.31. The second-order valence-electron chi connectivity index (χ2n) is 5.50. The first-order valence-corrected chi connectivity index (χ1v) is 11.2. The molecule has 20 heavy (non-hydrogen) atoms. The monoisotopic (exact) mass is 343 g/mol. The molecule has 0 nitrogen and oxygen atoms in total. The number of hydrogen-bond acceptors (Lipinski definition) is 0. The van der Waals surface area contributed by atoms with Gasteiger partial charge in [-0.05, 0) is 34.6 Å². The van der Waals surface area contributed by atoms with Crippen LogP contribution >= 0.6 is 18.6 Å². The van der Waals surface area contributed by atoms with Crippen molar-refractivity contribution in [1.82, 2.24) is 0 Å². The molecule has 0 aliphatic heterocycles. The zero-order valence-corrected chi connectivity index (χ0v) is 15.5. The van der Waals surface area contributed by atoms with Gasteiger partial charge in [-0.2, -0.15) is 0 Å². The molecule has 0 heterocycles. The number of allylic oxidation sites excluding steroid dienone is 4. The Kier molecular flexibility index (Phi) is 8.21. The van der Waals surface area contributed by atoms with Gasteiger partial charge in [0, 0.05) is 5.92 Å². The Bertz CT molecular complexity index is 438. The van der Waals surface area contributed by atoms with Crippen LogP contribution in [0.2, 0.25) is 0 Å². The Morgan fingerprint density at radius 2 is 1.35 bits per heavy atom. The topological polar surface area (TPSA) is 0 Å². The molecule has 0 amide bonds. The molecule has 0 unspecified atom stereocenters. The normalized spacial score (nSPS) is 13.8. The summed E-state index contributed by atoms with van der Waals surface area (Å²) >= 11 is -0.556. The fourth-order valence-electron chi connectivity index (χ4n) is 2.11. The Morgan fingerprint density at radius 3 is 1.70 bits per heavy atom. The van der Waals surface area contributed by atoms with Gasteiger partial charge in [0.25, 0.3) is 0 Å². The number of rotatable bonds is 3. The molecule has 0 N–H and O–H groups in total. The van der Waals surface area contributed by atoms with Crippen molar-refractivity contribution in [1.29, 1.82) is 0 Å². The maximum absolute atomic E-state index is 4.89. The van der Waals surface area contributed by atoms with E-state index in [1.165, 1.54) is 16.7 Å². The minimum absolute atomic E-state index is 0.458. The molecule has 0 fully saturated rings. The predicted molar refractivity (Wildman–Crippen MR) is 86.2 cm³/mol. The summed E-state index contributed by atoms with van der Waals surface area (Å²) in [6, 6.07) is 8.17. The van der Waals surface area contributed by atoms with E-state index in [1.54, 1.807) is 0 Å². The molecule has 0 saturated heterocycles. The molecule has 0 saturated carbocycles. The summed E-state index contributed by atoms with van der Waals surface area (Å²) in [6.07, 6.45) is 8.77. The molecule has 3 heteroatoms. The van der Waals surface area contributed by atoms with Crippen LogP contribution < -0.4 is 0 Å². The summed E-state index contributed by atoms with van der Waals surface area (Å²) in [4.78, 5) is 0. The van der Waals surface area contributed by atoms with Crippen molar-refractivity contribution in [3.8, 4) is 0 Å². The SMILES string of the molecule is CC(C)c1[c]c(C(C)C)cc(C2C=CC=C2)c1.[Cl][Ti][Cl]. The van der Waals surface area contributed by atoms with E-state index in [0.29, 0.717) is 17.8 Å². The summed E-state index contributed by atoms with van der Waals surface area (Å²) in [5, 5.41) is 0. The van der Waals surface area contributed by atoms with Gasteiger partial charge < -0.3 is 0 Å². The van der Waals surface area contributed by atoms with E-state index in [-0.39, 0.29) is 0 Å². The molecular weight excluding hydrogens is 323 g/mol. The van der Waals surface area contributed by atoms with E-state index in [1.807, 2.05) is 0 Å². The van der Waals surface area contributed by atoms with Crippen molar-refractivity contribution < 1.29 is 17.0 Å². The molecule has 1 aromatic carbocycles. The quantitative estimate of drug-likeness (QED) is 0.563. The molecule has 0 bridgehead atoms. The van der Waals surface area contributed by atoms with E-state index < -0.39 is 17.0 Å². The second kappa shape index (κ2) is 9.10. The molecule has 1 radical (unpaired) electrons. The Morgan fingerprint density at radius 1 is 0.950 bits per heavy atom. The molecule has 0 spiro atoms. The van der Waals surface area contributed by atoms with E-state index >= 15 is 0 Å². The Hall–Kier alpha value is -0.00571. The van der Waals surface area contributed by atoms with E-state index in [2.05, 4.69) is 70.2 Å². The second-order valence-corrected chi connectivity index (χ2v) is 8.08. The molecule has 0 atom stereocenters. The van der Waals surface area contributed by atoms with Crippen LogP contribution in [0.25, 0.3) is 0 Å². The van der Waals surface area contributed by atoms with Gasteiger partial charge in [-0.3, -0.25) is 0 Å². The van der Waals surface area contributed by atoms with E-state index in [9.17, 15) is 0 Å². The van der Waals surface area contributed by atoms with Crippen LogP contribution in [0.4, 0.5) is 0 Å². The number of hydrogen-bond donors (Lipinski definition) is 0. The van der Waals surface area contributed by atoms with Gasteiger partial charge in [0.1, 0.15) is 0 Å². The van der Waals surface area contributed by atoms with Gasteiger partial charge in [0.15, 0.2) is 0 Å². The minimum atomic E-state index is -0.556. The standard InChI is InChI=1S/C17H21.2ClH.Ti/c1-12(2)15-9-16(13(3)4)11-17(10-15)14-7-5-6-8-14;;;/h5-8,10-14H,1-4H3;2*1H;/q;;;+2/p-2. The van der Waals surface area contributed by atoms with Crippen molar-refractivity contribution in [2.75, 3.05) is 0 Å². The van der Waals surface area contributed by atoms with Crippen molar-refractivity contribution in [3.63, 3.8) is 0 Å². The Balaban J connectivity index is 0.000000612. The van der Waals surface area contributed by atoms with Crippen molar-refractivity contribution in [2.24, 2.45) is 0 Å². The van der Waals surface area contributed by atoms with Crippen molar-refractivity contribution >= 4 is 18.6 Å². The van der Waals surface area contributed by atoms with Crippen molar-refractivity contribution in [2.45, 2.75) is 45.4 Å². The summed E-state index contributed by atoms with van der Waals surface area (Å²) in [5.41, 5.74) is 4.07. The molecule has 0 aromatic heterocycles. The molecular formula is C17H21Cl2Ti. The average Bonchev–Trinajstić information content (AvgIpc) is 2.93. The van der Waals surface area contributed by atoms with Crippen LogP contribution in [0, 0.1) is 6.07 Å². The molecule has 2 rings (SSSR count). The van der Waals surface area contributed by atoms with E-state index in [0.717, 1.165) is 0 Å². The maximum atomic E-state index is 4.89. The van der Waals surface area contributed by atoms with Crippen LogP contribution in [0.15, 0.2) is 36.4 Å². The number of benzene rings is 1. The van der Waals surface area contributed by atoms with Gasteiger partial charge in [-0.25, -0.2) is 0 Å². The van der Waals surface area contributed by atoms with Gasteiger partial charge in [0.2, 0.25) is 0 Å². The van der Waals surface area contributed by atoms with Crippen LogP contribution in [-0.4, -0.2) is 0 Å². The predicted octanol–water partition coefficient (Wildman–Crippen LogP) is 6.32. The van der Waals surface area contributed by atoms with Crippen molar-refractivity contribution in [3.05, 3.63) is 59.2 Å². The first kappa shape index (κ1) is 18.0. The van der Waals surface area contributed by atoms with Crippen LogP contribution in [0.3, 0.4) is 0 Å². The summed E-state index contributed by atoms with van der Waals surface area (Å²) in [5.74, 6) is 1.54. The molecule has 1 aliphatic carbocycles. The van der Waals surface area contributed by atoms with Crippen LogP contribution in [0.5, 0.6) is 0 Å². The molecule has 1 aromatic rings. The average molecular weight is 344 g/mol. The van der Waals surface area contributed by atoms with Gasteiger partial charge >= 0.3 is 35.6 Å². The molecule has 1 aliphatic rings. The fourth-order valence-corrected chi connectivity index (χ4v) is 2.11. The third-order valence-electron chi connectivity index (χ3n) is 3.31. The fraction of sp³-hybridized carbons (Fsp3) is 0.412. The number of halogens is 2. The van der Waals surface area contributed by atoms with Crippen LogP contribution in [0.1, 0.15) is 62.1 Å². The van der Waals surface area contributed by atoms with Gasteiger partial charge in [-0.15, -0.1) is 0 Å². The summed E-state index contributed by atoms with van der Waals surface area (Å²) in [7, 11) is 9.78. The van der Waals surface area contributed by atoms with E-state index in [4.69, 9.17) is 18.6 Å². The first-order valence-electron chi connectivity index (χ1n) is 6.87. The summed E-state index contributed by atoms with van der Waals surface area (Å²) in [6.45, 7) is 8.94. The van der Waals surface area contributed by atoms with Crippen LogP contribution in [-0.2, 0) is 17.0 Å². The van der Waals surface area contributed by atoms with Gasteiger partial charge in [-0.1, -0.05) is 64.1 Å². The first-order chi connectivity index (χ1) is 9.49. The molecule has 107 valence electrons. The Labute approximate surface area is 139 Å². The summed E-state index contributed by atoms with van der Waals surface area (Å²) < 4.78 is 0. The zero-order valence-electron chi connectivity index (χ0n) is 12.5. The van der Waals surface area contributed by atoms with Gasteiger partial charge in [0.05, 0.1) is 0 Å². The zero-order chi connectivity index (χ0) is 15.1.